The van der Waals surface area contributed by atoms with Crippen molar-refractivity contribution in [2.75, 3.05) is 0 Å². The van der Waals surface area contributed by atoms with Crippen molar-refractivity contribution in [2.45, 2.75) is 71.1 Å². The van der Waals surface area contributed by atoms with Gasteiger partial charge in [-0.05, 0) is 43.4 Å². The van der Waals surface area contributed by atoms with Gasteiger partial charge >= 0.3 is 0 Å². The number of hydrogen-bond donors (Lipinski definition) is 0. The first kappa shape index (κ1) is 12.2. The molecule has 2 aliphatic carbocycles. The Labute approximate surface area is 102 Å². The van der Waals surface area contributed by atoms with Gasteiger partial charge in [0.2, 0.25) is 0 Å². The van der Waals surface area contributed by atoms with Gasteiger partial charge in [0.1, 0.15) is 0 Å². The van der Waals surface area contributed by atoms with Gasteiger partial charge < -0.3 is 0 Å². The van der Waals surface area contributed by atoms with Crippen molar-refractivity contribution in [1.82, 2.24) is 0 Å². The quantitative estimate of drug-likeness (QED) is 0.563. The maximum Gasteiger partial charge on any atom is -0.0233 e. The fourth-order valence-corrected chi connectivity index (χ4v) is 3.48. The van der Waals surface area contributed by atoms with Crippen LogP contribution in [0.5, 0.6) is 0 Å². The highest BCUT2D eigenvalue weighted by Gasteiger charge is 2.18. The van der Waals surface area contributed by atoms with Crippen LogP contribution in [0.4, 0.5) is 0 Å². The zero-order valence-electron chi connectivity index (χ0n) is 11.0. The highest BCUT2D eigenvalue weighted by molar-refractivity contribution is 4.95. The molecular weight excluding hydrogens is 192 g/mol. The molecule has 0 spiro atoms. The molecule has 2 aliphatic rings. The van der Waals surface area contributed by atoms with Gasteiger partial charge in [0, 0.05) is 0 Å². The van der Waals surface area contributed by atoms with E-state index in [-0.39, 0.29) is 0 Å². The Morgan fingerprint density at radius 1 is 0.812 bits per heavy atom. The van der Waals surface area contributed by atoms with E-state index in [0.29, 0.717) is 0 Å². The molecule has 0 amide bonds. The summed E-state index contributed by atoms with van der Waals surface area (Å²) in [6.45, 7) is 2.44. The third kappa shape index (κ3) is 3.64. The van der Waals surface area contributed by atoms with Gasteiger partial charge in [-0.3, -0.25) is 0 Å². The van der Waals surface area contributed by atoms with Gasteiger partial charge in [-0.15, -0.1) is 0 Å². The summed E-state index contributed by atoms with van der Waals surface area (Å²) in [5, 5.41) is 0. The van der Waals surface area contributed by atoms with Gasteiger partial charge in [-0.2, -0.15) is 0 Å². The van der Waals surface area contributed by atoms with Gasteiger partial charge in [0.25, 0.3) is 0 Å². The molecule has 0 heteroatoms. The maximum atomic E-state index is 2.55. The van der Waals surface area contributed by atoms with E-state index < -0.39 is 0 Å². The average molecular weight is 220 g/mol. The van der Waals surface area contributed by atoms with Crippen molar-refractivity contribution >= 4 is 0 Å². The van der Waals surface area contributed by atoms with Crippen molar-refractivity contribution < 1.29 is 0 Å². The van der Waals surface area contributed by atoms with Crippen molar-refractivity contribution in [2.24, 2.45) is 17.8 Å². The average Bonchev–Trinajstić information content (AvgIpc) is 2.38. The number of allylic oxidation sites excluding steroid dienone is 2. The lowest BCUT2D eigenvalue weighted by Gasteiger charge is -2.26. The Balaban J connectivity index is 1.75. The van der Waals surface area contributed by atoms with E-state index in [9.17, 15) is 0 Å². The standard InChI is InChI=1S/C16H28/c1-14(16-10-6-3-7-11-16)12-13-15-8-4-2-5-9-15/h12-16H,2-11H2,1H3/b13-12-. The van der Waals surface area contributed by atoms with Crippen LogP contribution in [0.3, 0.4) is 0 Å². The Morgan fingerprint density at radius 2 is 1.38 bits per heavy atom. The zero-order chi connectivity index (χ0) is 11.2. The lowest BCUT2D eigenvalue weighted by atomic mass is 9.80. The highest BCUT2D eigenvalue weighted by Crippen LogP contribution is 2.31. The summed E-state index contributed by atoms with van der Waals surface area (Å²) in [4.78, 5) is 0. The summed E-state index contributed by atoms with van der Waals surface area (Å²) in [5.41, 5.74) is 0. The first-order valence-electron chi connectivity index (χ1n) is 7.54. The Kier molecular flexibility index (Phi) is 4.93. The molecule has 0 aromatic heterocycles. The van der Waals surface area contributed by atoms with E-state index in [1.165, 1.54) is 64.2 Å². The molecule has 0 bridgehead atoms. The fourth-order valence-electron chi connectivity index (χ4n) is 3.48. The number of hydrogen-bond acceptors (Lipinski definition) is 0. The Bertz CT molecular complexity index is 204. The Morgan fingerprint density at radius 3 is 2.00 bits per heavy atom. The monoisotopic (exact) mass is 220 g/mol. The highest BCUT2D eigenvalue weighted by atomic mass is 14.2. The third-order valence-corrected chi connectivity index (χ3v) is 4.73. The molecule has 92 valence electrons. The fraction of sp³-hybridized carbons (Fsp3) is 0.875. The van der Waals surface area contributed by atoms with Crippen LogP contribution in [-0.4, -0.2) is 0 Å². The van der Waals surface area contributed by atoms with E-state index in [0.717, 1.165) is 17.8 Å². The lowest BCUT2D eigenvalue weighted by molar-refractivity contribution is 0.298. The van der Waals surface area contributed by atoms with Crippen LogP contribution in [0, 0.1) is 17.8 Å². The first-order valence-corrected chi connectivity index (χ1v) is 7.54. The molecule has 1 atom stereocenters. The molecule has 0 radical (unpaired) electrons. The van der Waals surface area contributed by atoms with Gasteiger partial charge in [-0.1, -0.05) is 57.6 Å². The molecule has 0 aliphatic heterocycles. The van der Waals surface area contributed by atoms with Crippen LogP contribution in [0.25, 0.3) is 0 Å². The molecule has 16 heavy (non-hydrogen) atoms. The summed E-state index contributed by atoms with van der Waals surface area (Å²) in [5.74, 6) is 2.75. The second-order valence-corrected chi connectivity index (χ2v) is 6.04. The molecule has 0 nitrogen and oxygen atoms in total. The topological polar surface area (TPSA) is 0 Å². The van der Waals surface area contributed by atoms with Gasteiger partial charge in [0.05, 0.1) is 0 Å². The second-order valence-electron chi connectivity index (χ2n) is 6.04. The molecular formula is C16H28. The maximum absolute atomic E-state index is 2.55. The number of rotatable bonds is 3. The molecule has 2 rings (SSSR count). The summed E-state index contributed by atoms with van der Waals surface area (Å²) in [6.07, 6.45) is 19.8. The summed E-state index contributed by atoms with van der Waals surface area (Å²) >= 11 is 0. The first-order chi connectivity index (χ1) is 7.86. The predicted molar refractivity (Wildman–Crippen MR) is 71.5 cm³/mol. The normalized spacial score (nSPS) is 27.3. The molecule has 0 aromatic rings. The van der Waals surface area contributed by atoms with Gasteiger partial charge in [0.15, 0.2) is 0 Å². The lowest BCUT2D eigenvalue weighted by Crippen LogP contribution is -2.14. The van der Waals surface area contributed by atoms with E-state index in [4.69, 9.17) is 0 Å². The molecule has 2 fully saturated rings. The largest absolute Gasteiger partial charge is 0.0851 e. The minimum absolute atomic E-state index is 0.835. The molecule has 0 heterocycles. The zero-order valence-corrected chi connectivity index (χ0v) is 11.0. The minimum Gasteiger partial charge on any atom is -0.0851 e. The summed E-state index contributed by atoms with van der Waals surface area (Å²) in [7, 11) is 0. The minimum atomic E-state index is 0.835. The molecule has 1 unspecified atom stereocenters. The third-order valence-electron chi connectivity index (χ3n) is 4.73. The molecule has 0 N–H and O–H groups in total. The van der Waals surface area contributed by atoms with Crippen LogP contribution >= 0.6 is 0 Å². The van der Waals surface area contributed by atoms with Crippen molar-refractivity contribution in [3.63, 3.8) is 0 Å². The van der Waals surface area contributed by atoms with E-state index in [1.54, 1.807) is 0 Å². The van der Waals surface area contributed by atoms with E-state index >= 15 is 0 Å². The van der Waals surface area contributed by atoms with E-state index in [1.807, 2.05) is 0 Å². The van der Waals surface area contributed by atoms with E-state index in [2.05, 4.69) is 19.1 Å². The Hall–Kier alpha value is -0.260. The second kappa shape index (κ2) is 6.47. The van der Waals surface area contributed by atoms with Crippen LogP contribution in [0.1, 0.15) is 71.1 Å². The van der Waals surface area contributed by atoms with Crippen molar-refractivity contribution in [3.8, 4) is 0 Å². The predicted octanol–water partition coefficient (Wildman–Crippen LogP) is 5.34. The van der Waals surface area contributed by atoms with Crippen LogP contribution in [0.2, 0.25) is 0 Å². The molecule has 0 saturated heterocycles. The van der Waals surface area contributed by atoms with Crippen molar-refractivity contribution in [1.29, 1.82) is 0 Å². The molecule has 2 saturated carbocycles. The smallest absolute Gasteiger partial charge is 0.0233 e. The van der Waals surface area contributed by atoms with Crippen LogP contribution in [-0.2, 0) is 0 Å². The summed E-state index contributed by atoms with van der Waals surface area (Å²) < 4.78 is 0. The van der Waals surface area contributed by atoms with Crippen LogP contribution < -0.4 is 0 Å². The summed E-state index contributed by atoms with van der Waals surface area (Å²) in [6, 6.07) is 0. The van der Waals surface area contributed by atoms with Crippen LogP contribution in [0.15, 0.2) is 12.2 Å². The van der Waals surface area contributed by atoms with Crippen molar-refractivity contribution in [3.05, 3.63) is 12.2 Å². The molecule has 0 aromatic carbocycles. The SMILES string of the molecule is CC(/C=C\C1CCCCC1)C1CCCCC1. The van der Waals surface area contributed by atoms with Gasteiger partial charge in [-0.25, -0.2) is 0 Å².